The second-order valence-electron chi connectivity index (χ2n) is 33.9. The van der Waals surface area contributed by atoms with Crippen molar-refractivity contribution in [1.82, 2.24) is 0 Å². The maximum absolute atomic E-state index is 15.9. The molecule has 0 aromatic rings. The van der Waals surface area contributed by atoms with Crippen molar-refractivity contribution >= 4 is 18.2 Å². The molecule has 7 saturated heterocycles. The van der Waals surface area contributed by atoms with Gasteiger partial charge in [-0.2, -0.15) is 0 Å². The Bertz CT molecular complexity index is 3130. The summed E-state index contributed by atoms with van der Waals surface area (Å²) >= 11 is 0. The SMILES string of the molecule is CC1O[C@@H](O[C@@H]2C(O[C@@H]3OC(CO)[C@H](O)[C@H](O)C3O)[C@H](O[C@H]3CC[C@@]4(C)C(CC[C@]5(C)C4CC=C4[C@@H]6CC(C)(C)CC[C@]6(C(=O)O[C@@H]6OC(C)[C@H](O)[C@H](O)C6O[C@@H]6OC(C)[C@H](O[C@@H]7OC[C@H](O)[C@H](O)C7O)[C@H](O[C@@H]7OC(CO)[C@H](O)[C@H](O)C7O)C6O)CC[C@]45C)[C@]3(C)C=O)OC(C(=O)O)[C@@H]2O)C(O)[C@@H](O)[C@H]1O. The van der Waals surface area contributed by atoms with Gasteiger partial charge in [0.1, 0.15) is 141 Å². The van der Waals surface area contributed by atoms with Gasteiger partial charge >= 0.3 is 11.9 Å². The number of rotatable bonds is 18. The molecule has 0 bridgehead atoms. The minimum atomic E-state index is -2.22. The highest BCUT2D eigenvalue weighted by atomic mass is 16.8. The first-order valence-electron chi connectivity index (χ1n) is 37.4. The number of aliphatic hydroxyl groups excluding tert-OH is 18. The number of aliphatic hydroxyl groups is 18. The van der Waals surface area contributed by atoms with Crippen molar-refractivity contribution in [3.63, 3.8) is 0 Å². The first-order chi connectivity index (χ1) is 50.2. The molecule has 4 saturated carbocycles. The van der Waals surface area contributed by atoms with E-state index < -0.39 is 286 Å². The molecule has 15 unspecified atom stereocenters. The van der Waals surface area contributed by atoms with E-state index in [1.165, 1.54) is 20.8 Å². The van der Waals surface area contributed by atoms with Gasteiger partial charge in [0, 0.05) is 0 Å². The van der Waals surface area contributed by atoms with E-state index >= 15 is 4.79 Å². The summed E-state index contributed by atoms with van der Waals surface area (Å²) in [6, 6.07) is 0. The van der Waals surface area contributed by atoms with Crippen LogP contribution < -0.4 is 0 Å². The van der Waals surface area contributed by atoms with E-state index in [2.05, 4.69) is 40.7 Å². The van der Waals surface area contributed by atoms with Gasteiger partial charge in [0.15, 0.2) is 49.9 Å². The highest BCUT2D eigenvalue weighted by molar-refractivity contribution is 5.79. The van der Waals surface area contributed by atoms with Crippen LogP contribution in [-0.2, 0) is 80.7 Å². The van der Waals surface area contributed by atoms with Crippen LogP contribution in [0.5, 0.6) is 0 Å². The number of hydrogen-bond acceptors (Lipinski definition) is 35. The van der Waals surface area contributed by atoms with E-state index in [0.29, 0.717) is 57.8 Å². The predicted octanol–water partition coefficient (Wildman–Crippen LogP) is -5.57. The zero-order valence-electron chi connectivity index (χ0n) is 61.2. The lowest BCUT2D eigenvalue weighted by Crippen LogP contribution is -2.69. The number of carbonyl (C=O) groups excluding carboxylic acids is 2. The Kier molecular flexibility index (Phi) is 24.5. The van der Waals surface area contributed by atoms with Crippen LogP contribution in [0.25, 0.3) is 0 Å². The molecule has 0 radical (unpaired) electrons. The summed E-state index contributed by atoms with van der Waals surface area (Å²) in [6.45, 7) is 14.6. The summed E-state index contributed by atoms with van der Waals surface area (Å²) in [7, 11) is 0. The lowest BCUT2D eigenvalue weighted by Gasteiger charge is -2.71. The van der Waals surface area contributed by atoms with Gasteiger partial charge in [-0.15, -0.1) is 0 Å². The summed E-state index contributed by atoms with van der Waals surface area (Å²) in [4.78, 5) is 43.2. The lowest BCUT2D eigenvalue weighted by molar-refractivity contribution is -0.394. The zero-order valence-corrected chi connectivity index (χ0v) is 61.2. The van der Waals surface area contributed by atoms with Gasteiger partial charge in [0.05, 0.1) is 55.1 Å². The standard InChI is InChI=1S/C71H112O36/c1-25-36(76)41(81)46(86)59(95-25)102-52-49(89)54(57(91)92)104-64(56(52)106-61-48(88)43(83)40(80)32(22-73)99-61)100-35-13-14-67(6)33(68(35,7)24-74)12-15-70(9)34(67)11-10-28-29-20-66(4,5)16-18-71(29,19-17-69(28,70)8)65(93)107-63-55(44(84)37(77)26(2)96-63)105-62-50(90)53(103-60-47(87)42(82)39(79)31(21-72)98-60)51(27(3)97-62)101-58-45(85)38(78)30(75)23-94-58/h10,24-27,29-56,58-64,72-73,75-90H,11-23H2,1-9H3,(H,91,92)/t25?,26?,27?,29-,30-,31?,32?,33?,34?,35-,36-,37-,38-,39-,40-,41-,42-,43-,44-,45?,46?,47?,48?,49+,50?,51-,52-,53+,54?,55?,56?,58-,59-,60-,61-,62-,63-,64+,67-,68-,69+,70+,71-/m0/s1. The molecule has 107 heavy (non-hydrogen) atoms. The molecule has 0 spiro atoms. The molecule has 36 heteroatoms. The van der Waals surface area contributed by atoms with Crippen molar-refractivity contribution in [1.29, 1.82) is 0 Å². The Labute approximate surface area is 617 Å². The minimum absolute atomic E-state index is 0.129. The number of aldehydes is 1. The molecule has 12 rings (SSSR count). The number of hydrogen-bond donors (Lipinski definition) is 19. The van der Waals surface area contributed by atoms with Crippen LogP contribution in [-0.4, -0.2) is 350 Å². The van der Waals surface area contributed by atoms with Crippen LogP contribution in [0.2, 0.25) is 0 Å². The number of fused-ring (bicyclic) bond motifs is 7. The fourth-order valence-corrected chi connectivity index (χ4v) is 20.4. The van der Waals surface area contributed by atoms with Crippen LogP contribution in [0, 0.1) is 50.2 Å². The van der Waals surface area contributed by atoms with Crippen molar-refractivity contribution in [2.24, 2.45) is 50.2 Å². The van der Waals surface area contributed by atoms with E-state index in [1.54, 1.807) is 6.92 Å². The van der Waals surface area contributed by atoms with Crippen LogP contribution in [0.15, 0.2) is 11.6 Å². The molecule has 7 heterocycles. The molecule has 612 valence electrons. The van der Waals surface area contributed by atoms with Crippen LogP contribution in [0.1, 0.15) is 127 Å². The summed E-state index contributed by atoms with van der Waals surface area (Å²) in [5.74, 6) is -3.44. The molecule has 11 fully saturated rings. The lowest BCUT2D eigenvalue weighted by atomic mass is 9.33. The smallest absolute Gasteiger partial charge is 0.335 e. The summed E-state index contributed by atoms with van der Waals surface area (Å²) in [5, 5.41) is 208. The van der Waals surface area contributed by atoms with Crippen LogP contribution in [0.3, 0.4) is 0 Å². The van der Waals surface area contributed by atoms with Crippen molar-refractivity contribution in [3.05, 3.63) is 11.6 Å². The van der Waals surface area contributed by atoms with Crippen LogP contribution in [0.4, 0.5) is 0 Å². The molecule has 0 amide bonds. The second kappa shape index (κ2) is 31.4. The Morgan fingerprint density at radius 2 is 0.981 bits per heavy atom. The molecular formula is C71H112O36. The number of carboxylic acid groups (broad SMARTS) is 1. The molecule has 43 atom stereocenters. The molecule has 0 aromatic carbocycles. The monoisotopic (exact) mass is 1540 g/mol. The molecule has 5 aliphatic carbocycles. The highest BCUT2D eigenvalue weighted by Crippen LogP contribution is 2.76. The average Bonchev–Trinajstić information content (AvgIpc) is 0.673. The number of esters is 1. The van der Waals surface area contributed by atoms with E-state index in [-0.39, 0.29) is 17.8 Å². The van der Waals surface area contributed by atoms with E-state index in [4.69, 9.17) is 66.3 Å². The molecule has 36 nitrogen and oxygen atoms in total. The van der Waals surface area contributed by atoms with Gasteiger partial charge < -0.3 is 168 Å². The Balaban J connectivity index is 0.807. The second-order valence-corrected chi connectivity index (χ2v) is 33.9. The number of allylic oxidation sites excluding steroid dienone is 2. The Morgan fingerprint density at radius 1 is 0.477 bits per heavy atom. The molecule has 12 aliphatic rings. The average molecular weight is 1540 g/mol. The normalized spacial score (nSPS) is 55.0. The zero-order chi connectivity index (χ0) is 78.2. The number of carboxylic acids is 1. The van der Waals surface area contributed by atoms with Crippen molar-refractivity contribution in [2.45, 2.75) is 341 Å². The van der Waals surface area contributed by atoms with E-state index in [1.807, 2.05) is 0 Å². The Hall–Kier alpha value is -2.89. The number of ether oxygens (including phenoxy) is 14. The third kappa shape index (κ3) is 14.4. The largest absolute Gasteiger partial charge is 0.479 e. The van der Waals surface area contributed by atoms with Crippen LogP contribution >= 0.6 is 0 Å². The third-order valence-electron chi connectivity index (χ3n) is 27.2. The van der Waals surface area contributed by atoms with Crippen molar-refractivity contribution in [2.75, 3.05) is 19.8 Å². The fraction of sp³-hybridized carbons (Fsp3) is 0.930. The van der Waals surface area contributed by atoms with Gasteiger partial charge in [-0.25, -0.2) is 4.79 Å². The first kappa shape index (κ1) is 83.5. The third-order valence-corrected chi connectivity index (χ3v) is 27.2. The van der Waals surface area contributed by atoms with E-state index in [9.17, 15) is 107 Å². The first-order valence-corrected chi connectivity index (χ1v) is 37.4. The van der Waals surface area contributed by atoms with E-state index in [0.717, 1.165) is 11.9 Å². The van der Waals surface area contributed by atoms with Gasteiger partial charge in [-0.3, -0.25) is 4.79 Å². The predicted molar refractivity (Wildman–Crippen MR) is 351 cm³/mol. The summed E-state index contributed by atoms with van der Waals surface area (Å²) in [5.41, 5.74) is -3.64. The topological polar surface area (TPSA) is 565 Å². The van der Waals surface area contributed by atoms with Crippen molar-refractivity contribution in [3.8, 4) is 0 Å². The summed E-state index contributed by atoms with van der Waals surface area (Å²) in [6.07, 6.45) is -55.3. The molecule has 7 aliphatic heterocycles. The molecule has 0 aromatic heterocycles. The van der Waals surface area contributed by atoms with Gasteiger partial charge in [-0.05, 0) is 124 Å². The highest BCUT2D eigenvalue weighted by Gasteiger charge is 2.72. The maximum atomic E-state index is 15.9. The Morgan fingerprint density at radius 3 is 1.57 bits per heavy atom. The van der Waals surface area contributed by atoms with Gasteiger partial charge in [-0.1, -0.05) is 53.2 Å². The quantitative estimate of drug-likeness (QED) is 0.0263. The number of carbonyl (C=O) groups is 3. The maximum Gasteiger partial charge on any atom is 0.335 e. The fourth-order valence-electron chi connectivity index (χ4n) is 20.4. The minimum Gasteiger partial charge on any atom is -0.479 e. The summed E-state index contributed by atoms with van der Waals surface area (Å²) < 4.78 is 85.3. The van der Waals surface area contributed by atoms with Gasteiger partial charge in [0.2, 0.25) is 6.29 Å². The molecular weight excluding hydrogens is 1430 g/mol. The number of aliphatic carboxylic acids is 1. The molecule has 19 N–H and O–H groups in total. The van der Waals surface area contributed by atoms with Crippen molar-refractivity contribution < 1.29 is 178 Å². The van der Waals surface area contributed by atoms with Gasteiger partial charge in [0.25, 0.3) is 0 Å².